The molecule has 2 heterocycles. The van der Waals surface area contributed by atoms with Crippen LogP contribution >= 0.6 is 23.1 Å². The van der Waals surface area contributed by atoms with Crippen molar-refractivity contribution in [3.63, 3.8) is 0 Å². The number of benzene rings is 3. The Morgan fingerprint density at radius 2 is 1.73 bits per heavy atom. The molecule has 1 fully saturated rings. The van der Waals surface area contributed by atoms with Gasteiger partial charge in [0, 0.05) is 29.8 Å². The molecule has 44 heavy (non-hydrogen) atoms. The molecule has 230 valence electrons. The summed E-state index contributed by atoms with van der Waals surface area (Å²) in [6.45, 7) is 1.91. The van der Waals surface area contributed by atoms with Crippen molar-refractivity contribution in [1.82, 2.24) is 15.5 Å². The SMILES string of the molecule is COC(=O)[C@H](Cc1ccccc1)NC(=O)Nc1ccc([C@H]2O[C@@H](CSc3nnc(C)s3)C[C@@H](c3ccc(CO)cc3)O2)cc1. The lowest BCUT2D eigenvalue weighted by Gasteiger charge is -2.36. The molecule has 0 unspecified atom stereocenters. The van der Waals surface area contributed by atoms with Gasteiger partial charge in [0.1, 0.15) is 11.0 Å². The van der Waals surface area contributed by atoms with Crippen LogP contribution < -0.4 is 10.6 Å². The zero-order chi connectivity index (χ0) is 30.9. The molecule has 3 N–H and O–H groups in total. The van der Waals surface area contributed by atoms with E-state index in [1.165, 1.54) is 7.11 Å². The number of thioether (sulfide) groups is 1. The van der Waals surface area contributed by atoms with Gasteiger partial charge in [-0.15, -0.1) is 10.2 Å². The summed E-state index contributed by atoms with van der Waals surface area (Å²) < 4.78 is 18.6. The lowest BCUT2D eigenvalue weighted by Crippen LogP contribution is -2.45. The average Bonchev–Trinajstić information content (AvgIpc) is 3.48. The van der Waals surface area contributed by atoms with E-state index in [4.69, 9.17) is 14.2 Å². The number of anilines is 1. The Morgan fingerprint density at radius 1 is 1.00 bits per heavy atom. The molecule has 0 radical (unpaired) electrons. The minimum atomic E-state index is -0.840. The molecule has 2 amide bonds. The first-order valence-electron chi connectivity index (χ1n) is 14.1. The number of ether oxygens (including phenoxy) is 3. The van der Waals surface area contributed by atoms with Crippen LogP contribution in [0.1, 0.15) is 46.1 Å². The summed E-state index contributed by atoms with van der Waals surface area (Å²) in [7, 11) is 1.29. The molecule has 10 nitrogen and oxygen atoms in total. The Morgan fingerprint density at radius 3 is 2.39 bits per heavy atom. The smallest absolute Gasteiger partial charge is 0.328 e. The third kappa shape index (κ3) is 8.64. The van der Waals surface area contributed by atoms with Crippen molar-refractivity contribution in [2.45, 2.75) is 55.3 Å². The third-order valence-electron chi connectivity index (χ3n) is 7.03. The van der Waals surface area contributed by atoms with Crippen LogP contribution in [0.3, 0.4) is 0 Å². The normalized spacial score (nSPS) is 18.8. The Hall–Kier alpha value is -3.81. The standard InChI is InChI=1S/C32H34N4O6S2/c1-20-35-36-32(44-20)43-19-26-17-28(23-10-8-22(18-37)9-11-23)42-30(41-26)24-12-14-25(15-13-24)33-31(39)34-27(29(38)40-2)16-21-6-4-3-5-7-21/h3-15,26-28,30,37H,16-19H2,1-2H3,(H2,33,34,39)/t26-,27+,28+,30+/m1/s1. The highest BCUT2D eigenvalue weighted by molar-refractivity contribution is 8.01. The number of nitrogens with zero attached hydrogens (tertiary/aromatic N) is 2. The first kappa shape index (κ1) is 31.6. The Balaban J connectivity index is 1.25. The summed E-state index contributed by atoms with van der Waals surface area (Å²) in [6.07, 6.45) is -0.00611. The average molecular weight is 635 g/mol. The number of aliphatic hydroxyl groups is 1. The predicted molar refractivity (Wildman–Crippen MR) is 168 cm³/mol. The van der Waals surface area contributed by atoms with E-state index in [1.54, 1.807) is 35.2 Å². The number of aryl methyl sites for hydroxylation is 1. The van der Waals surface area contributed by atoms with Crippen molar-refractivity contribution in [3.8, 4) is 0 Å². The maximum absolute atomic E-state index is 12.8. The zero-order valence-electron chi connectivity index (χ0n) is 24.3. The predicted octanol–water partition coefficient (Wildman–Crippen LogP) is 5.58. The van der Waals surface area contributed by atoms with Crippen molar-refractivity contribution >= 4 is 40.8 Å². The topological polar surface area (TPSA) is 132 Å². The molecule has 1 aliphatic rings. The monoisotopic (exact) mass is 634 g/mol. The number of carbonyl (C=O) groups is 2. The van der Waals surface area contributed by atoms with Crippen molar-refractivity contribution in [1.29, 1.82) is 0 Å². The van der Waals surface area contributed by atoms with Gasteiger partial charge in [0.2, 0.25) is 0 Å². The van der Waals surface area contributed by atoms with Crippen LogP contribution in [0.2, 0.25) is 0 Å². The van der Waals surface area contributed by atoms with Gasteiger partial charge in [0.25, 0.3) is 0 Å². The van der Waals surface area contributed by atoms with Crippen LogP contribution in [0.5, 0.6) is 0 Å². The van der Waals surface area contributed by atoms with E-state index in [1.807, 2.05) is 73.7 Å². The van der Waals surface area contributed by atoms with Crippen LogP contribution in [0.4, 0.5) is 10.5 Å². The van der Waals surface area contributed by atoms with Gasteiger partial charge < -0.3 is 30.0 Å². The molecular formula is C32H34N4O6S2. The van der Waals surface area contributed by atoms with Gasteiger partial charge in [-0.2, -0.15) is 0 Å². The second kappa shape index (κ2) is 15.3. The minimum absolute atomic E-state index is 0.0210. The fraction of sp³-hybridized carbons (Fsp3) is 0.312. The Kier molecular flexibility index (Phi) is 11.0. The fourth-order valence-corrected chi connectivity index (χ4v) is 6.62. The number of aromatic nitrogens is 2. The molecule has 5 rings (SSSR count). The Labute approximate surface area is 264 Å². The molecule has 4 atom stereocenters. The molecule has 1 aliphatic heterocycles. The van der Waals surface area contributed by atoms with E-state index in [-0.39, 0.29) is 18.8 Å². The summed E-state index contributed by atoms with van der Waals surface area (Å²) in [5.41, 5.74) is 4.08. The first-order valence-corrected chi connectivity index (χ1v) is 15.9. The van der Waals surface area contributed by atoms with Crippen LogP contribution in [-0.4, -0.2) is 52.3 Å². The van der Waals surface area contributed by atoms with Crippen LogP contribution in [0.25, 0.3) is 0 Å². The summed E-state index contributed by atoms with van der Waals surface area (Å²) >= 11 is 3.16. The van der Waals surface area contributed by atoms with Gasteiger partial charge in [0.15, 0.2) is 10.6 Å². The molecule has 1 aromatic heterocycles. The maximum atomic E-state index is 12.8. The van der Waals surface area contributed by atoms with Crippen molar-refractivity contribution < 1.29 is 28.9 Å². The molecule has 3 aromatic carbocycles. The number of methoxy groups -OCH3 is 1. The molecular weight excluding hydrogens is 601 g/mol. The Bertz CT molecular complexity index is 1520. The summed E-state index contributed by atoms with van der Waals surface area (Å²) in [6, 6.07) is 23.0. The molecule has 0 bridgehead atoms. The number of esters is 1. The highest BCUT2D eigenvalue weighted by Gasteiger charge is 2.32. The maximum Gasteiger partial charge on any atom is 0.328 e. The summed E-state index contributed by atoms with van der Waals surface area (Å²) in [4.78, 5) is 25.1. The minimum Gasteiger partial charge on any atom is -0.467 e. The number of hydrogen-bond donors (Lipinski definition) is 3. The highest BCUT2D eigenvalue weighted by atomic mass is 32.2. The third-order valence-corrected chi connectivity index (χ3v) is 9.13. The van der Waals surface area contributed by atoms with Crippen molar-refractivity contribution in [2.24, 2.45) is 0 Å². The van der Waals surface area contributed by atoms with Gasteiger partial charge in [0.05, 0.1) is 25.9 Å². The van der Waals surface area contributed by atoms with E-state index in [0.29, 0.717) is 24.3 Å². The van der Waals surface area contributed by atoms with Gasteiger partial charge in [-0.25, -0.2) is 9.59 Å². The molecule has 1 saturated heterocycles. The second-order valence-electron chi connectivity index (χ2n) is 10.2. The number of carbonyl (C=O) groups excluding carboxylic acids is 2. The zero-order valence-corrected chi connectivity index (χ0v) is 26.0. The molecule has 0 spiro atoms. The van der Waals surface area contributed by atoms with Gasteiger partial charge in [-0.1, -0.05) is 89.8 Å². The molecule has 4 aromatic rings. The first-order chi connectivity index (χ1) is 21.4. The quantitative estimate of drug-likeness (QED) is 0.143. The molecule has 12 heteroatoms. The second-order valence-corrected chi connectivity index (χ2v) is 12.7. The van der Waals surface area contributed by atoms with Crippen molar-refractivity contribution in [2.75, 3.05) is 18.2 Å². The number of nitrogens with one attached hydrogen (secondary N) is 2. The van der Waals surface area contributed by atoms with E-state index in [0.717, 1.165) is 31.6 Å². The highest BCUT2D eigenvalue weighted by Crippen LogP contribution is 2.39. The number of urea groups is 1. The van der Waals surface area contributed by atoms with Gasteiger partial charge in [-0.3, -0.25) is 0 Å². The summed E-state index contributed by atoms with van der Waals surface area (Å²) in [5, 5.41) is 24.2. The largest absolute Gasteiger partial charge is 0.467 e. The van der Waals surface area contributed by atoms with Crippen LogP contribution in [-0.2, 0) is 32.0 Å². The lowest BCUT2D eigenvalue weighted by molar-refractivity contribution is -0.245. The van der Waals surface area contributed by atoms with E-state index < -0.39 is 24.3 Å². The fourth-order valence-electron chi connectivity index (χ4n) is 4.76. The summed E-state index contributed by atoms with van der Waals surface area (Å²) in [5.74, 6) is 0.157. The van der Waals surface area contributed by atoms with Crippen molar-refractivity contribution in [3.05, 3.63) is 106 Å². The number of aliphatic hydroxyl groups excluding tert-OH is 1. The number of hydrogen-bond acceptors (Lipinski definition) is 10. The number of amides is 2. The van der Waals surface area contributed by atoms with Crippen LogP contribution in [0, 0.1) is 6.92 Å². The number of rotatable bonds is 11. The van der Waals surface area contributed by atoms with E-state index in [2.05, 4.69) is 20.8 Å². The van der Waals surface area contributed by atoms with Gasteiger partial charge >= 0.3 is 12.0 Å². The van der Waals surface area contributed by atoms with E-state index in [9.17, 15) is 14.7 Å². The van der Waals surface area contributed by atoms with Gasteiger partial charge in [-0.05, 0) is 35.7 Å². The molecule has 0 saturated carbocycles. The molecule has 0 aliphatic carbocycles. The van der Waals surface area contributed by atoms with E-state index >= 15 is 0 Å². The van der Waals surface area contributed by atoms with Crippen LogP contribution in [0.15, 0.2) is 83.2 Å². The lowest BCUT2D eigenvalue weighted by atomic mass is 10.0.